The molecule has 1 aromatic rings. The molecule has 0 radical (unpaired) electrons. The zero-order chi connectivity index (χ0) is 15.6. The van der Waals surface area contributed by atoms with Crippen LogP contribution in [0.1, 0.15) is 43.0 Å². The molecular weight excluding hydrogens is 317 g/mol. The second kappa shape index (κ2) is 6.62. The Morgan fingerprint density at radius 3 is 2.71 bits per heavy atom. The van der Waals surface area contributed by atoms with Crippen LogP contribution in [0.5, 0.6) is 0 Å². The van der Waals surface area contributed by atoms with Gasteiger partial charge in [-0.1, -0.05) is 36.5 Å². The minimum absolute atomic E-state index is 0.0326. The van der Waals surface area contributed by atoms with Crippen molar-refractivity contribution < 1.29 is 14.5 Å². The minimum atomic E-state index is -0.673. The largest absolute Gasteiger partial charge is 0.459 e. The summed E-state index contributed by atoms with van der Waals surface area (Å²) in [6.07, 6.45) is 3.64. The smallest absolute Gasteiger partial charge is 0.338 e. The van der Waals surface area contributed by atoms with E-state index in [1.54, 1.807) is 0 Å². The molecule has 0 bridgehead atoms. The quantitative estimate of drug-likeness (QED) is 0.459. The number of nitro benzene ring substituents is 1. The standard InChI is InChI=1S/C14H15Cl2NO4/c1-8-3-2-4-10(5-8)21-14(18)9-6-11(15)13(16)12(7-9)17(19)20/h6-8,10H,2-5H2,1H3. The summed E-state index contributed by atoms with van der Waals surface area (Å²) in [5.41, 5.74) is -0.345. The monoisotopic (exact) mass is 331 g/mol. The maximum absolute atomic E-state index is 12.1. The summed E-state index contributed by atoms with van der Waals surface area (Å²) in [6, 6.07) is 2.40. The fraction of sp³-hybridized carbons (Fsp3) is 0.500. The summed E-state index contributed by atoms with van der Waals surface area (Å²) in [4.78, 5) is 22.3. The van der Waals surface area contributed by atoms with Crippen molar-refractivity contribution >= 4 is 34.9 Å². The van der Waals surface area contributed by atoms with Crippen molar-refractivity contribution in [3.63, 3.8) is 0 Å². The first-order valence-corrected chi connectivity index (χ1v) is 7.48. The molecule has 2 unspecified atom stereocenters. The van der Waals surface area contributed by atoms with E-state index in [1.807, 2.05) is 0 Å². The van der Waals surface area contributed by atoms with Crippen LogP contribution in [-0.2, 0) is 4.74 Å². The Labute approximate surface area is 132 Å². The first kappa shape index (κ1) is 16.0. The highest BCUT2D eigenvalue weighted by Gasteiger charge is 2.25. The average molecular weight is 332 g/mol. The van der Waals surface area contributed by atoms with Gasteiger partial charge in [-0.15, -0.1) is 0 Å². The molecule has 0 N–H and O–H groups in total. The number of hydrogen-bond acceptors (Lipinski definition) is 4. The predicted octanol–water partition coefficient (Wildman–Crippen LogP) is 4.64. The average Bonchev–Trinajstić information content (AvgIpc) is 2.41. The van der Waals surface area contributed by atoms with Crippen LogP contribution >= 0.6 is 23.2 Å². The third kappa shape index (κ3) is 3.86. The molecule has 2 rings (SSSR count). The Kier molecular flexibility index (Phi) is 5.06. The van der Waals surface area contributed by atoms with Gasteiger partial charge in [0.05, 0.1) is 15.5 Å². The molecule has 0 aliphatic heterocycles. The molecule has 0 spiro atoms. The van der Waals surface area contributed by atoms with Gasteiger partial charge in [0.1, 0.15) is 11.1 Å². The van der Waals surface area contributed by atoms with Crippen molar-refractivity contribution in [2.75, 3.05) is 0 Å². The number of ether oxygens (including phenoxy) is 1. The number of halogens is 2. The second-order valence-corrected chi connectivity index (χ2v) is 6.13. The third-order valence-electron chi connectivity index (χ3n) is 3.60. The van der Waals surface area contributed by atoms with Gasteiger partial charge in [0.2, 0.25) is 0 Å². The Morgan fingerprint density at radius 1 is 1.38 bits per heavy atom. The number of nitro groups is 1. The molecule has 2 atom stereocenters. The number of rotatable bonds is 3. The molecular formula is C14H15Cl2NO4. The van der Waals surface area contributed by atoms with Crippen LogP contribution in [0.15, 0.2) is 12.1 Å². The molecule has 21 heavy (non-hydrogen) atoms. The summed E-state index contributed by atoms with van der Waals surface area (Å²) in [5, 5.41) is 10.7. The molecule has 7 heteroatoms. The van der Waals surface area contributed by atoms with E-state index in [0.29, 0.717) is 5.92 Å². The van der Waals surface area contributed by atoms with Crippen molar-refractivity contribution in [2.45, 2.75) is 38.7 Å². The molecule has 5 nitrogen and oxygen atoms in total. The van der Waals surface area contributed by atoms with E-state index in [2.05, 4.69) is 6.92 Å². The molecule has 1 aromatic carbocycles. The fourth-order valence-corrected chi connectivity index (χ4v) is 2.92. The lowest BCUT2D eigenvalue weighted by Crippen LogP contribution is -2.24. The Bertz CT molecular complexity index is 576. The van der Waals surface area contributed by atoms with Gasteiger partial charge >= 0.3 is 5.97 Å². The van der Waals surface area contributed by atoms with Gasteiger partial charge in [0.15, 0.2) is 0 Å². The van der Waals surface area contributed by atoms with Crippen LogP contribution in [0.4, 0.5) is 5.69 Å². The lowest BCUT2D eigenvalue weighted by atomic mass is 9.89. The molecule has 1 fully saturated rings. The molecule has 1 saturated carbocycles. The number of benzene rings is 1. The van der Waals surface area contributed by atoms with Crippen molar-refractivity contribution in [2.24, 2.45) is 5.92 Å². The molecule has 1 aliphatic rings. The van der Waals surface area contributed by atoms with E-state index in [0.717, 1.165) is 31.7 Å². The number of nitrogens with zero attached hydrogens (tertiary/aromatic N) is 1. The highest BCUT2D eigenvalue weighted by molar-refractivity contribution is 6.43. The SMILES string of the molecule is CC1CCCC(OC(=O)c2cc(Cl)c(Cl)c([N+](=O)[O-])c2)C1. The van der Waals surface area contributed by atoms with Crippen molar-refractivity contribution in [1.29, 1.82) is 0 Å². The van der Waals surface area contributed by atoms with Gasteiger partial charge in [-0.3, -0.25) is 10.1 Å². The third-order valence-corrected chi connectivity index (χ3v) is 4.40. The number of hydrogen-bond donors (Lipinski definition) is 0. The molecule has 1 aliphatic carbocycles. The van der Waals surface area contributed by atoms with Crippen LogP contribution in [0.3, 0.4) is 0 Å². The van der Waals surface area contributed by atoms with Crippen LogP contribution in [0.2, 0.25) is 10.0 Å². The predicted molar refractivity (Wildman–Crippen MR) is 80.0 cm³/mol. The normalized spacial score (nSPS) is 21.9. The number of carbonyl (C=O) groups excluding carboxylic acids is 1. The van der Waals surface area contributed by atoms with Crippen LogP contribution in [0, 0.1) is 16.0 Å². The van der Waals surface area contributed by atoms with E-state index < -0.39 is 16.6 Å². The number of esters is 1. The fourth-order valence-electron chi connectivity index (χ4n) is 2.53. The first-order valence-electron chi connectivity index (χ1n) is 6.73. The van der Waals surface area contributed by atoms with Crippen molar-refractivity contribution in [3.8, 4) is 0 Å². The van der Waals surface area contributed by atoms with E-state index in [1.165, 1.54) is 6.07 Å². The van der Waals surface area contributed by atoms with E-state index in [4.69, 9.17) is 27.9 Å². The molecule has 0 heterocycles. The maximum Gasteiger partial charge on any atom is 0.338 e. The highest BCUT2D eigenvalue weighted by atomic mass is 35.5. The van der Waals surface area contributed by atoms with Crippen molar-refractivity contribution in [1.82, 2.24) is 0 Å². The molecule has 114 valence electrons. The van der Waals surface area contributed by atoms with E-state index in [-0.39, 0.29) is 21.7 Å². The van der Waals surface area contributed by atoms with Gasteiger partial charge in [0, 0.05) is 6.07 Å². The van der Waals surface area contributed by atoms with Crippen LogP contribution in [0.25, 0.3) is 0 Å². The van der Waals surface area contributed by atoms with Crippen molar-refractivity contribution in [3.05, 3.63) is 37.9 Å². The second-order valence-electron chi connectivity index (χ2n) is 5.35. The van der Waals surface area contributed by atoms with Gasteiger partial charge in [0.25, 0.3) is 5.69 Å². The Morgan fingerprint density at radius 2 is 2.10 bits per heavy atom. The van der Waals surface area contributed by atoms with Gasteiger partial charge in [-0.25, -0.2) is 4.79 Å². The van der Waals surface area contributed by atoms with Gasteiger partial charge < -0.3 is 4.74 Å². The zero-order valence-electron chi connectivity index (χ0n) is 11.5. The first-order chi connectivity index (χ1) is 9.88. The van der Waals surface area contributed by atoms with Gasteiger partial charge in [-0.05, 0) is 31.2 Å². The summed E-state index contributed by atoms with van der Waals surface area (Å²) in [5.74, 6) is -0.0875. The summed E-state index contributed by atoms with van der Waals surface area (Å²) in [7, 11) is 0. The highest BCUT2D eigenvalue weighted by Crippen LogP contribution is 2.34. The Balaban J connectivity index is 2.17. The molecule has 0 saturated heterocycles. The van der Waals surface area contributed by atoms with E-state index >= 15 is 0 Å². The Hall–Kier alpha value is -1.33. The summed E-state index contributed by atoms with van der Waals surface area (Å²) < 4.78 is 5.41. The van der Waals surface area contributed by atoms with Crippen LogP contribution < -0.4 is 0 Å². The van der Waals surface area contributed by atoms with Gasteiger partial charge in [-0.2, -0.15) is 0 Å². The van der Waals surface area contributed by atoms with E-state index in [9.17, 15) is 14.9 Å². The van der Waals surface area contributed by atoms with Crippen LogP contribution in [-0.4, -0.2) is 17.0 Å². The number of carbonyl (C=O) groups is 1. The molecule has 0 amide bonds. The minimum Gasteiger partial charge on any atom is -0.459 e. The molecule has 0 aromatic heterocycles. The topological polar surface area (TPSA) is 69.4 Å². The lowest BCUT2D eigenvalue weighted by Gasteiger charge is -2.26. The maximum atomic E-state index is 12.1. The lowest BCUT2D eigenvalue weighted by molar-refractivity contribution is -0.384. The summed E-state index contributed by atoms with van der Waals surface area (Å²) >= 11 is 11.6. The summed E-state index contributed by atoms with van der Waals surface area (Å²) in [6.45, 7) is 2.12. The zero-order valence-corrected chi connectivity index (χ0v) is 13.0.